The van der Waals surface area contributed by atoms with Crippen LogP contribution in [0.5, 0.6) is 0 Å². The highest BCUT2D eigenvalue weighted by molar-refractivity contribution is 5.91. The summed E-state index contributed by atoms with van der Waals surface area (Å²) in [5, 5.41) is 11.7. The fraction of sp³-hybridized carbons (Fsp3) is 0.846. The molecule has 0 aromatic carbocycles. The highest BCUT2D eigenvalue weighted by Crippen LogP contribution is 2.67. The first-order valence-electron chi connectivity index (χ1n) is 12.3. The van der Waals surface area contributed by atoms with Crippen LogP contribution in [0.25, 0.3) is 0 Å². The zero-order valence-electron chi connectivity index (χ0n) is 19.2. The van der Waals surface area contributed by atoms with Crippen molar-refractivity contribution in [1.29, 1.82) is 0 Å². The lowest BCUT2D eigenvalue weighted by Gasteiger charge is -2.58. The van der Waals surface area contributed by atoms with Gasteiger partial charge in [0.25, 0.3) is 0 Å². The van der Waals surface area contributed by atoms with Crippen LogP contribution in [0.1, 0.15) is 91.4 Å². The van der Waals surface area contributed by atoms with Crippen LogP contribution in [0, 0.1) is 28.6 Å². The maximum Gasteiger partial charge on any atom is 0.190 e. The first-order chi connectivity index (χ1) is 14.3. The number of unbranched alkanes of at least 4 members (excludes halogenated alkanes) is 2. The Kier molecular flexibility index (Phi) is 6.04. The number of ketones is 2. The van der Waals surface area contributed by atoms with Crippen molar-refractivity contribution in [3.63, 3.8) is 0 Å². The van der Waals surface area contributed by atoms with Gasteiger partial charge >= 0.3 is 0 Å². The molecule has 0 heterocycles. The van der Waals surface area contributed by atoms with Gasteiger partial charge in [0.15, 0.2) is 11.6 Å². The third kappa shape index (κ3) is 3.33. The number of carbonyl (C=O) groups excluding carboxylic acids is 2. The van der Waals surface area contributed by atoms with Crippen molar-refractivity contribution in [1.82, 2.24) is 0 Å². The number of rotatable bonds is 7. The van der Waals surface area contributed by atoms with Gasteiger partial charge in [-0.1, -0.05) is 39.2 Å². The normalized spacial score (nSPS) is 42.9. The van der Waals surface area contributed by atoms with E-state index in [1.54, 1.807) is 0 Å². The average molecular weight is 417 g/mol. The second-order valence-electron chi connectivity index (χ2n) is 11.0. The molecule has 0 spiro atoms. The lowest BCUT2D eigenvalue weighted by Crippen LogP contribution is -2.58. The third-order valence-corrected chi connectivity index (χ3v) is 9.70. The smallest absolute Gasteiger partial charge is 0.190 e. The molecule has 0 radical (unpaired) electrons. The maximum atomic E-state index is 13.1. The van der Waals surface area contributed by atoms with Crippen LogP contribution >= 0.6 is 0 Å². The van der Waals surface area contributed by atoms with E-state index in [1.807, 2.05) is 6.08 Å². The Morgan fingerprint density at radius 3 is 2.63 bits per heavy atom. The van der Waals surface area contributed by atoms with E-state index in [2.05, 4.69) is 20.8 Å². The Morgan fingerprint density at radius 2 is 1.87 bits per heavy atom. The summed E-state index contributed by atoms with van der Waals surface area (Å²) < 4.78 is 5.65. The van der Waals surface area contributed by atoms with E-state index in [1.165, 1.54) is 5.57 Å². The fourth-order valence-corrected chi connectivity index (χ4v) is 7.77. The molecule has 0 aliphatic heterocycles. The van der Waals surface area contributed by atoms with Crippen molar-refractivity contribution in [2.75, 3.05) is 13.2 Å². The molecule has 0 unspecified atom stereocenters. The van der Waals surface area contributed by atoms with E-state index in [0.717, 1.165) is 57.8 Å². The van der Waals surface area contributed by atoms with Gasteiger partial charge in [0, 0.05) is 18.4 Å². The Labute approximate surface area is 181 Å². The van der Waals surface area contributed by atoms with Gasteiger partial charge in [-0.25, -0.2) is 0 Å². The van der Waals surface area contributed by atoms with Crippen molar-refractivity contribution in [3.05, 3.63) is 11.6 Å². The molecular formula is C26H40O4. The minimum atomic E-state index is -1.24. The molecule has 1 N–H and O–H groups in total. The zero-order valence-corrected chi connectivity index (χ0v) is 19.2. The molecule has 168 valence electrons. The lowest BCUT2D eigenvalue weighted by atomic mass is 9.46. The van der Waals surface area contributed by atoms with Crippen molar-refractivity contribution < 1.29 is 19.4 Å². The minimum absolute atomic E-state index is 0.0450. The first kappa shape index (κ1) is 22.2. The van der Waals surface area contributed by atoms with Crippen molar-refractivity contribution in [2.24, 2.45) is 28.6 Å². The Morgan fingerprint density at radius 1 is 1.10 bits per heavy atom. The molecule has 4 aliphatic carbocycles. The third-order valence-electron chi connectivity index (χ3n) is 9.70. The predicted octanol–water partition coefficient (Wildman–Crippen LogP) is 5.03. The molecule has 0 amide bonds. The summed E-state index contributed by atoms with van der Waals surface area (Å²) >= 11 is 0. The van der Waals surface area contributed by atoms with Gasteiger partial charge in [-0.15, -0.1) is 0 Å². The fourth-order valence-electron chi connectivity index (χ4n) is 7.77. The highest BCUT2D eigenvalue weighted by Gasteiger charge is 2.66. The molecule has 0 saturated heterocycles. The molecule has 4 rings (SSSR count). The van der Waals surface area contributed by atoms with Crippen LogP contribution in [-0.2, 0) is 14.3 Å². The summed E-state index contributed by atoms with van der Waals surface area (Å²) in [6.07, 6.45) is 12.4. The number of carbonyl (C=O) groups is 2. The SMILES string of the molecule is CCCCCOCC(=O)[C@@]1(O)CC[C@H]2[C@@H]3CCC4=CC(=O)CC[C@]4(C)[C@H]3CC[C@@]21C. The van der Waals surface area contributed by atoms with E-state index < -0.39 is 5.60 Å². The number of fused-ring (bicyclic) bond motifs is 5. The monoisotopic (exact) mass is 416 g/mol. The number of aliphatic hydroxyl groups is 1. The molecule has 3 saturated carbocycles. The molecule has 0 aromatic heterocycles. The van der Waals surface area contributed by atoms with Crippen LogP contribution in [0.4, 0.5) is 0 Å². The number of Topliss-reactive ketones (excluding diaryl/α,β-unsaturated/α-hetero) is 1. The van der Waals surface area contributed by atoms with Crippen molar-refractivity contribution >= 4 is 11.6 Å². The number of allylic oxidation sites excluding steroid dienone is 1. The van der Waals surface area contributed by atoms with Gasteiger partial charge in [-0.05, 0) is 80.6 Å². The first-order valence-corrected chi connectivity index (χ1v) is 12.3. The van der Waals surface area contributed by atoms with Gasteiger partial charge in [0.1, 0.15) is 12.2 Å². The molecule has 0 bridgehead atoms. The van der Waals surface area contributed by atoms with E-state index >= 15 is 0 Å². The van der Waals surface area contributed by atoms with E-state index in [0.29, 0.717) is 43.0 Å². The van der Waals surface area contributed by atoms with E-state index in [4.69, 9.17) is 4.74 Å². The Bertz CT molecular complexity index is 727. The minimum Gasteiger partial charge on any atom is -0.381 e. The topological polar surface area (TPSA) is 63.6 Å². The maximum absolute atomic E-state index is 13.1. The predicted molar refractivity (Wildman–Crippen MR) is 117 cm³/mol. The van der Waals surface area contributed by atoms with Crippen LogP contribution < -0.4 is 0 Å². The number of ether oxygens (including phenoxy) is 1. The van der Waals surface area contributed by atoms with Crippen LogP contribution in [0.2, 0.25) is 0 Å². The molecule has 30 heavy (non-hydrogen) atoms. The molecule has 4 aliphatic rings. The Hall–Kier alpha value is -1.00. The summed E-state index contributed by atoms with van der Waals surface area (Å²) in [6, 6.07) is 0. The van der Waals surface area contributed by atoms with Crippen molar-refractivity contribution in [2.45, 2.75) is 97.0 Å². The quantitative estimate of drug-likeness (QED) is 0.592. The summed E-state index contributed by atoms with van der Waals surface area (Å²) in [6.45, 7) is 7.35. The summed E-state index contributed by atoms with van der Waals surface area (Å²) in [4.78, 5) is 25.1. The molecule has 4 heteroatoms. The molecule has 6 atom stereocenters. The van der Waals surface area contributed by atoms with Gasteiger partial charge in [-0.2, -0.15) is 0 Å². The molecule has 3 fully saturated rings. The van der Waals surface area contributed by atoms with E-state index in [-0.39, 0.29) is 23.2 Å². The van der Waals surface area contributed by atoms with Gasteiger partial charge in [0.2, 0.25) is 0 Å². The molecular weight excluding hydrogens is 376 g/mol. The van der Waals surface area contributed by atoms with Gasteiger partial charge < -0.3 is 9.84 Å². The Balaban J connectivity index is 1.49. The van der Waals surface area contributed by atoms with Gasteiger partial charge in [-0.3, -0.25) is 9.59 Å². The molecule has 4 nitrogen and oxygen atoms in total. The summed E-state index contributed by atoms with van der Waals surface area (Å²) in [7, 11) is 0. The lowest BCUT2D eigenvalue weighted by molar-refractivity contribution is -0.166. The molecule has 0 aromatic rings. The largest absolute Gasteiger partial charge is 0.381 e. The van der Waals surface area contributed by atoms with Crippen LogP contribution in [0.3, 0.4) is 0 Å². The second kappa shape index (κ2) is 8.16. The zero-order chi connectivity index (χ0) is 21.6. The van der Waals surface area contributed by atoms with E-state index in [9.17, 15) is 14.7 Å². The highest BCUT2D eigenvalue weighted by atomic mass is 16.5. The van der Waals surface area contributed by atoms with Crippen LogP contribution in [-0.4, -0.2) is 35.5 Å². The number of hydrogen-bond donors (Lipinski definition) is 1. The van der Waals surface area contributed by atoms with Gasteiger partial charge in [0.05, 0.1) is 0 Å². The summed E-state index contributed by atoms with van der Waals surface area (Å²) in [5.41, 5.74) is -0.0911. The summed E-state index contributed by atoms with van der Waals surface area (Å²) in [5.74, 6) is 1.70. The number of hydrogen-bond acceptors (Lipinski definition) is 4. The standard InChI is InChI=1S/C26H40O4/c1-4-5-6-15-30-17-23(28)26(29)14-11-22-20-8-7-18-16-19(27)9-12-24(18,2)21(20)10-13-25(22,26)3/h16,20-22,29H,4-15,17H2,1-3H3/t20-,21+,22+,24+,25+,26+/m1/s1. The average Bonchev–Trinajstić information content (AvgIpc) is 3.00. The van der Waals surface area contributed by atoms with Crippen molar-refractivity contribution in [3.8, 4) is 0 Å². The second-order valence-corrected chi connectivity index (χ2v) is 11.0. The van der Waals surface area contributed by atoms with Crippen LogP contribution in [0.15, 0.2) is 11.6 Å².